The quantitative estimate of drug-likeness (QED) is 0.565. The first-order chi connectivity index (χ1) is 4.34. The highest BCUT2D eigenvalue weighted by atomic mass is 19.1. The average Bonchev–Trinajstić information content (AvgIpc) is 2.37. The van der Waals surface area contributed by atoms with E-state index in [-0.39, 0.29) is 12.4 Å². The monoisotopic (exact) mass is 131 g/mol. The van der Waals surface area contributed by atoms with Crippen molar-refractivity contribution in [3.63, 3.8) is 0 Å². The summed E-state index contributed by atoms with van der Waals surface area (Å²) in [7, 11) is 0. The van der Waals surface area contributed by atoms with Crippen molar-refractivity contribution in [1.82, 2.24) is 0 Å². The van der Waals surface area contributed by atoms with Crippen molar-refractivity contribution in [1.29, 1.82) is 0 Å². The van der Waals surface area contributed by atoms with Gasteiger partial charge in [-0.2, -0.15) is 0 Å². The van der Waals surface area contributed by atoms with Gasteiger partial charge < -0.3 is 10.5 Å². The van der Waals surface area contributed by atoms with Gasteiger partial charge in [0.25, 0.3) is 0 Å². The van der Waals surface area contributed by atoms with Crippen molar-refractivity contribution >= 4 is 0 Å². The first-order valence-electron chi connectivity index (χ1n) is 2.99. The van der Waals surface area contributed by atoms with Crippen molar-refractivity contribution in [2.75, 3.05) is 19.8 Å². The minimum absolute atomic E-state index is 0.0126. The van der Waals surface area contributed by atoms with E-state index < -0.39 is 0 Å². The summed E-state index contributed by atoms with van der Waals surface area (Å²) in [6.45, 7) is 1.09. The molecular weight excluding hydrogens is 121 g/mol. The van der Waals surface area contributed by atoms with Crippen LogP contribution in [0.2, 0.25) is 0 Å². The van der Waals surface area contributed by atoms with Crippen molar-refractivity contribution in [2.24, 2.45) is 5.73 Å². The van der Waals surface area contributed by atoms with Gasteiger partial charge in [-0.15, -0.1) is 0 Å². The van der Waals surface area contributed by atoms with Crippen molar-refractivity contribution in [2.45, 2.75) is 6.42 Å². The maximum absolute atomic E-state index is 12.5. The maximum atomic E-state index is 12.5. The summed E-state index contributed by atoms with van der Waals surface area (Å²) in [6.07, 6.45) is 0.711. The predicted molar refractivity (Wildman–Crippen MR) is 32.6 cm³/mol. The Hall–Kier alpha value is -0.410. The summed E-state index contributed by atoms with van der Waals surface area (Å²) in [5, 5.41) is 0. The maximum Gasteiger partial charge on any atom is 0.115 e. The van der Waals surface area contributed by atoms with Gasteiger partial charge in [0.1, 0.15) is 5.83 Å². The average molecular weight is 131 g/mol. The third kappa shape index (κ3) is 1.50. The molecule has 0 bridgehead atoms. The van der Waals surface area contributed by atoms with Crippen LogP contribution in [-0.2, 0) is 4.74 Å². The van der Waals surface area contributed by atoms with E-state index in [0.717, 1.165) is 5.57 Å². The largest absolute Gasteiger partial charge is 0.377 e. The van der Waals surface area contributed by atoms with Gasteiger partial charge >= 0.3 is 0 Å². The normalized spacial score (nSPS) is 24.7. The Morgan fingerprint density at radius 1 is 1.78 bits per heavy atom. The Morgan fingerprint density at radius 2 is 2.56 bits per heavy atom. The molecular formula is C6H10FNO. The summed E-state index contributed by atoms with van der Waals surface area (Å²) in [6, 6.07) is 0. The Labute approximate surface area is 53.5 Å². The van der Waals surface area contributed by atoms with Gasteiger partial charge in [-0.05, 0) is 12.0 Å². The number of nitrogens with two attached hydrogens (primary N) is 1. The molecule has 1 aliphatic rings. The third-order valence-electron chi connectivity index (χ3n) is 1.39. The molecule has 0 amide bonds. The van der Waals surface area contributed by atoms with E-state index >= 15 is 0 Å². The fourth-order valence-corrected chi connectivity index (χ4v) is 0.821. The number of ether oxygens (including phenoxy) is 1. The lowest BCUT2D eigenvalue weighted by Gasteiger charge is -1.94. The van der Waals surface area contributed by atoms with Gasteiger partial charge in [-0.3, -0.25) is 0 Å². The van der Waals surface area contributed by atoms with E-state index in [1.54, 1.807) is 0 Å². The molecule has 0 unspecified atom stereocenters. The van der Waals surface area contributed by atoms with Crippen LogP contribution in [0, 0.1) is 0 Å². The molecule has 1 fully saturated rings. The smallest absolute Gasteiger partial charge is 0.115 e. The van der Waals surface area contributed by atoms with Crippen LogP contribution in [0.3, 0.4) is 0 Å². The molecule has 9 heavy (non-hydrogen) atoms. The molecule has 1 saturated heterocycles. The number of rotatable bonds is 1. The molecule has 1 heterocycles. The second-order valence-electron chi connectivity index (χ2n) is 2.02. The Kier molecular flexibility index (Phi) is 2.19. The topological polar surface area (TPSA) is 35.2 Å². The lowest BCUT2D eigenvalue weighted by molar-refractivity contribution is 0.204. The van der Waals surface area contributed by atoms with E-state index in [1.807, 2.05) is 0 Å². The molecule has 0 aromatic heterocycles. The minimum atomic E-state index is -0.201. The van der Waals surface area contributed by atoms with E-state index in [4.69, 9.17) is 10.5 Å². The van der Waals surface area contributed by atoms with Crippen LogP contribution in [0.5, 0.6) is 0 Å². The summed E-state index contributed by atoms with van der Waals surface area (Å²) in [5.41, 5.74) is 5.80. The SMILES string of the molecule is NCC(F)=C1CCOC1. The predicted octanol–water partition coefficient (Wildman–Crippen LogP) is 0.589. The molecule has 0 spiro atoms. The first kappa shape index (κ1) is 6.71. The molecule has 2 nitrogen and oxygen atoms in total. The lowest BCUT2D eigenvalue weighted by Crippen LogP contribution is -2.02. The number of halogens is 1. The lowest BCUT2D eigenvalue weighted by atomic mass is 10.2. The fourth-order valence-electron chi connectivity index (χ4n) is 0.821. The zero-order valence-corrected chi connectivity index (χ0v) is 5.19. The van der Waals surface area contributed by atoms with Gasteiger partial charge in [-0.25, -0.2) is 4.39 Å². The molecule has 52 valence electrons. The van der Waals surface area contributed by atoms with E-state index in [1.165, 1.54) is 0 Å². The van der Waals surface area contributed by atoms with Gasteiger partial charge in [0.2, 0.25) is 0 Å². The van der Waals surface area contributed by atoms with Gasteiger partial charge in [0.15, 0.2) is 0 Å². The third-order valence-corrected chi connectivity index (χ3v) is 1.39. The van der Waals surface area contributed by atoms with Gasteiger partial charge in [-0.1, -0.05) is 0 Å². The molecule has 1 rings (SSSR count). The van der Waals surface area contributed by atoms with Crippen LogP contribution in [0.25, 0.3) is 0 Å². The van der Waals surface area contributed by atoms with Crippen LogP contribution >= 0.6 is 0 Å². The molecule has 0 aliphatic carbocycles. The van der Waals surface area contributed by atoms with Crippen LogP contribution in [0.4, 0.5) is 4.39 Å². The summed E-state index contributed by atoms with van der Waals surface area (Å²) < 4.78 is 17.4. The molecule has 0 atom stereocenters. The Morgan fingerprint density at radius 3 is 3.00 bits per heavy atom. The standard InChI is InChI=1S/C6H10FNO/c7-6(3-8)5-1-2-9-4-5/h1-4,8H2. The summed E-state index contributed by atoms with van der Waals surface area (Å²) in [4.78, 5) is 0. The molecule has 1 aliphatic heterocycles. The van der Waals surface area contributed by atoms with Gasteiger partial charge in [0, 0.05) is 6.54 Å². The summed E-state index contributed by atoms with van der Waals surface area (Å²) >= 11 is 0. The highest BCUT2D eigenvalue weighted by molar-refractivity contribution is 5.11. The van der Waals surface area contributed by atoms with Crippen LogP contribution < -0.4 is 5.73 Å². The zero-order chi connectivity index (χ0) is 6.69. The highest BCUT2D eigenvalue weighted by Crippen LogP contribution is 2.15. The van der Waals surface area contributed by atoms with Crippen molar-refractivity contribution < 1.29 is 9.13 Å². The van der Waals surface area contributed by atoms with Crippen LogP contribution in [-0.4, -0.2) is 19.8 Å². The molecule has 0 radical (unpaired) electrons. The Balaban J connectivity index is 2.55. The van der Waals surface area contributed by atoms with E-state index in [0.29, 0.717) is 19.6 Å². The minimum Gasteiger partial charge on any atom is -0.377 e. The van der Waals surface area contributed by atoms with E-state index in [9.17, 15) is 4.39 Å². The van der Waals surface area contributed by atoms with Crippen molar-refractivity contribution in [3.05, 3.63) is 11.4 Å². The van der Waals surface area contributed by atoms with Gasteiger partial charge in [0.05, 0.1) is 13.2 Å². The van der Waals surface area contributed by atoms with Crippen LogP contribution in [0.15, 0.2) is 11.4 Å². The number of hydrogen-bond donors (Lipinski definition) is 1. The highest BCUT2D eigenvalue weighted by Gasteiger charge is 2.10. The second-order valence-corrected chi connectivity index (χ2v) is 2.02. The summed E-state index contributed by atoms with van der Waals surface area (Å²) in [5.74, 6) is -0.201. The Bertz CT molecular complexity index is 125. The second kappa shape index (κ2) is 2.94. The molecule has 3 heteroatoms. The molecule has 0 saturated carbocycles. The molecule has 0 aromatic rings. The zero-order valence-electron chi connectivity index (χ0n) is 5.19. The first-order valence-corrected chi connectivity index (χ1v) is 2.99. The fraction of sp³-hybridized carbons (Fsp3) is 0.667. The van der Waals surface area contributed by atoms with Crippen LogP contribution in [0.1, 0.15) is 6.42 Å². The molecule has 0 aromatic carbocycles. The van der Waals surface area contributed by atoms with E-state index in [2.05, 4.69) is 0 Å². The molecule has 2 N–H and O–H groups in total. The number of hydrogen-bond acceptors (Lipinski definition) is 2. The van der Waals surface area contributed by atoms with Crippen molar-refractivity contribution in [3.8, 4) is 0 Å².